The van der Waals surface area contributed by atoms with Gasteiger partial charge in [-0.05, 0) is 19.4 Å². The van der Waals surface area contributed by atoms with Crippen LogP contribution in [0.2, 0.25) is 0 Å². The molecule has 1 heterocycles. The van der Waals surface area contributed by atoms with Gasteiger partial charge in [0, 0.05) is 12.6 Å². The first-order valence-corrected chi connectivity index (χ1v) is 4.36. The van der Waals surface area contributed by atoms with Crippen molar-refractivity contribution in [1.29, 1.82) is 0 Å². The molecule has 1 aliphatic heterocycles. The molecule has 0 aromatic heterocycles. The molecule has 0 radical (unpaired) electrons. The highest BCUT2D eigenvalue weighted by Gasteiger charge is 2.54. The van der Waals surface area contributed by atoms with E-state index in [4.69, 9.17) is 0 Å². The van der Waals surface area contributed by atoms with E-state index < -0.39 is 30.1 Å². The molecule has 1 rings (SSSR count). The van der Waals surface area contributed by atoms with Crippen LogP contribution in [0.3, 0.4) is 0 Å². The van der Waals surface area contributed by atoms with Gasteiger partial charge >= 0.3 is 12.6 Å². The summed E-state index contributed by atoms with van der Waals surface area (Å²) < 4.78 is 72.3. The summed E-state index contributed by atoms with van der Waals surface area (Å²) in [6.45, 7) is -0.610. The first-order chi connectivity index (χ1) is 6.71. The molecular formula is C7H10F6N2. The summed E-state index contributed by atoms with van der Waals surface area (Å²) in [4.78, 5) is -1.39. The molecule has 0 saturated carbocycles. The molecule has 2 nitrogen and oxygen atoms in total. The Balaban J connectivity index is 2.65. The van der Waals surface area contributed by atoms with Gasteiger partial charge in [-0.15, -0.1) is 4.90 Å². The van der Waals surface area contributed by atoms with Crippen LogP contribution in [0.15, 0.2) is 0 Å². The van der Waals surface area contributed by atoms with Crippen LogP contribution in [0.5, 0.6) is 0 Å². The van der Waals surface area contributed by atoms with Crippen molar-refractivity contribution in [3.63, 3.8) is 0 Å². The molecule has 0 amide bonds. The van der Waals surface area contributed by atoms with Crippen LogP contribution in [0.1, 0.15) is 12.8 Å². The summed E-state index contributed by atoms with van der Waals surface area (Å²) >= 11 is 0. The van der Waals surface area contributed by atoms with E-state index in [1.165, 1.54) is 0 Å². The van der Waals surface area contributed by atoms with Crippen molar-refractivity contribution in [2.24, 2.45) is 0 Å². The van der Waals surface area contributed by atoms with Crippen LogP contribution in [-0.2, 0) is 0 Å². The van der Waals surface area contributed by atoms with Gasteiger partial charge in [0.05, 0.1) is 0 Å². The predicted molar refractivity (Wildman–Crippen MR) is 39.8 cm³/mol. The van der Waals surface area contributed by atoms with E-state index >= 15 is 0 Å². The first kappa shape index (κ1) is 12.6. The maximum Gasteiger partial charge on any atom is 0.467 e. The molecule has 8 heteroatoms. The lowest BCUT2D eigenvalue weighted by Crippen LogP contribution is -2.52. The molecule has 1 atom stereocenters. The molecule has 1 saturated heterocycles. The summed E-state index contributed by atoms with van der Waals surface area (Å²) in [5.74, 6) is 0. The molecule has 1 N–H and O–H groups in total. The Labute approximate surface area is 82.2 Å². The van der Waals surface area contributed by atoms with Gasteiger partial charge in [-0.2, -0.15) is 26.3 Å². The Morgan fingerprint density at radius 3 is 1.93 bits per heavy atom. The van der Waals surface area contributed by atoms with Crippen molar-refractivity contribution >= 4 is 0 Å². The van der Waals surface area contributed by atoms with E-state index in [1.807, 2.05) is 0 Å². The maximum atomic E-state index is 12.0. The highest BCUT2D eigenvalue weighted by Crippen LogP contribution is 2.33. The molecule has 15 heavy (non-hydrogen) atoms. The van der Waals surface area contributed by atoms with Crippen molar-refractivity contribution in [2.45, 2.75) is 31.5 Å². The second-order valence-corrected chi connectivity index (χ2v) is 3.34. The third kappa shape index (κ3) is 3.53. The third-order valence-corrected chi connectivity index (χ3v) is 2.18. The Kier molecular flexibility index (Phi) is 3.49. The molecule has 0 bridgehead atoms. The fraction of sp³-hybridized carbons (Fsp3) is 1.00. The van der Waals surface area contributed by atoms with Gasteiger partial charge in [0.1, 0.15) is 0 Å². The van der Waals surface area contributed by atoms with Crippen molar-refractivity contribution < 1.29 is 26.3 Å². The zero-order valence-corrected chi connectivity index (χ0v) is 7.62. The lowest BCUT2D eigenvalue weighted by atomic mass is 10.2. The fourth-order valence-corrected chi connectivity index (χ4v) is 1.48. The minimum atomic E-state index is -5.37. The zero-order valence-electron chi connectivity index (χ0n) is 7.62. The van der Waals surface area contributed by atoms with Crippen LogP contribution in [0, 0.1) is 0 Å². The fourth-order valence-electron chi connectivity index (χ4n) is 1.48. The van der Waals surface area contributed by atoms with Gasteiger partial charge in [-0.25, -0.2) is 0 Å². The van der Waals surface area contributed by atoms with Crippen LogP contribution in [-0.4, -0.2) is 36.6 Å². The molecule has 0 aromatic carbocycles. The summed E-state index contributed by atoms with van der Waals surface area (Å²) in [5, 5.41) is 2.59. The smallest absolute Gasteiger partial charge is 0.313 e. The van der Waals surface area contributed by atoms with E-state index in [0.29, 0.717) is 19.4 Å². The van der Waals surface area contributed by atoms with E-state index in [1.54, 1.807) is 0 Å². The van der Waals surface area contributed by atoms with Gasteiger partial charge in [0.25, 0.3) is 0 Å². The second-order valence-electron chi connectivity index (χ2n) is 3.34. The quantitative estimate of drug-likeness (QED) is 0.583. The third-order valence-electron chi connectivity index (χ3n) is 2.18. The van der Waals surface area contributed by atoms with E-state index in [-0.39, 0.29) is 0 Å². The van der Waals surface area contributed by atoms with Gasteiger partial charge in [-0.3, -0.25) is 0 Å². The number of hydrogen-bond acceptors (Lipinski definition) is 2. The Hall–Kier alpha value is -0.500. The number of nitrogens with zero attached hydrogens (tertiary/aromatic N) is 1. The number of nitrogens with one attached hydrogen (secondary N) is 1. The normalized spacial score (nSPS) is 23.8. The van der Waals surface area contributed by atoms with E-state index in [2.05, 4.69) is 5.32 Å². The molecule has 1 fully saturated rings. The number of alkyl halides is 6. The molecular weight excluding hydrogens is 226 g/mol. The van der Waals surface area contributed by atoms with Crippen LogP contribution in [0.4, 0.5) is 26.3 Å². The number of hydrogen-bond donors (Lipinski definition) is 1. The lowest BCUT2D eigenvalue weighted by Gasteiger charge is -2.28. The van der Waals surface area contributed by atoms with Gasteiger partial charge in [0.2, 0.25) is 0 Å². The van der Waals surface area contributed by atoms with Gasteiger partial charge in [0.15, 0.2) is 0 Å². The standard InChI is InChI=1S/C7H10F6N2/c8-6(9,10)15(7(11,12)13)4-5-2-1-3-14-5/h5,14H,1-4H2. The molecule has 1 unspecified atom stereocenters. The average Bonchev–Trinajstić information content (AvgIpc) is 2.46. The van der Waals surface area contributed by atoms with Crippen LogP contribution < -0.4 is 5.32 Å². The van der Waals surface area contributed by atoms with E-state index in [9.17, 15) is 26.3 Å². The molecule has 1 aliphatic rings. The lowest BCUT2D eigenvalue weighted by molar-refractivity contribution is -0.373. The van der Waals surface area contributed by atoms with Gasteiger partial charge in [-0.1, -0.05) is 0 Å². The first-order valence-electron chi connectivity index (χ1n) is 4.36. The minimum absolute atomic E-state index is 0.336. The summed E-state index contributed by atoms with van der Waals surface area (Å²) in [6, 6.07) is -0.742. The predicted octanol–water partition coefficient (Wildman–Crippen LogP) is 2.08. The summed E-state index contributed by atoms with van der Waals surface area (Å²) in [7, 11) is 0. The molecule has 0 aliphatic carbocycles. The average molecular weight is 236 g/mol. The largest absolute Gasteiger partial charge is 0.467 e. The Bertz CT molecular complexity index is 191. The summed E-state index contributed by atoms with van der Waals surface area (Å²) in [6.07, 6.45) is -9.80. The highest BCUT2D eigenvalue weighted by molar-refractivity contribution is 4.79. The van der Waals surface area contributed by atoms with Crippen molar-refractivity contribution in [3.8, 4) is 0 Å². The monoisotopic (exact) mass is 236 g/mol. The SMILES string of the molecule is FC(F)(F)N(CC1CCCN1)C(F)(F)F. The molecule has 0 spiro atoms. The van der Waals surface area contributed by atoms with Crippen molar-refractivity contribution in [3.05, 3.63) is 0 Å². The van der Waals surface area contributed by atoms with Crippen molar-refractivity contribution in [1.82, 2.24) is 10.2 Å². The maximum absolute atomic E-state index is 12.0. The zero-order chi connectivity index (χ0) is 11.7. The van der Waals surface area contributed by atoms with Crippen molar-refractivity contribution in [2.75, 3.05) is 13.1 Å². The van der Waals surface area contributed by atoms with Gasteiger partial charge < -0.3 is 5.32 Å². The summed E-state index contributed by atoms with van der Waals surface area (Å²) in [5.41, 5.74) is 0. The van der Waals surface area contributed by atoms with Crippen LogP contribution >= 0.6 is 0 Å². The second kappa shape index (κ2) is 4.17. The Morgan fingerprint density at radius 1 is 1.07 bits per heavy atom. The molecule has 90 valence electrons. The number of rotatable bonds is 2. The topological polar surface area (TPSA) is 15.3 Å². The minimum Gasteiger partial charge on any atom is -0.313 e. The van der Waals surface area contributed by atoms with E-state index in [0.717, 1.165) is 0 Å². The molecule has 0 aromatic rings. The van der Waals surface area contributed by atoms with Crippen LogP contribution in [0.25, 0.3) is 0 Å². The number of halogens is 6. The Morgan fingerprint density at radius 2 is 1.60 bits per heavy atom. The highest BCUT2D eigenvalue weighted by atomic mass is 19.4.